The van der Waals surface area contributed by atoms with E-state index in [0.717, 1.165) is 25.0 Å². The standard InChI is InChI=1S/C7H12ClNO/c1-2-3-6-4-7(5-8)10-9-6/h7H,2-5H2,1H3. The van der Waals surface area contributed by atoms with Crippen molar-refractivity contribution in [3.8, 4) is 0 Å². The molecule has 3 heteroatoms. The first-order valence-electron chi connectivity index (χ1n) is 3.64. The van der Waals surface area contributed by atoms with Crippen LogP contribution in [0.4, 0.5) is 0 Å². The van der Waals surface area contributed by atoms with E-state index in [1.54, 1.807) is 0 Å². The molecule has 1 aliphatic heterocycles. The van der Waals surface area contributed by atoms with Crippen LogP contribution in [0, 0.1) is 0 Å². The molecule has 0 fully saturated rings. The monoisotopic (exact) mass is 161 g/mol. The smallest absolute Gasteiger partial charge is 0.146 e. The minimum atomic E-state index is 0.142. The van der Waals surface area contributed by atoms with Crippen molar-refractivity contribution in [2.75, 3.05) is 5.88 Å². The van der Waals surface area contributed by atoms with Crippen LogP contribution >= 0.6 is 11.6 Å². The quantitative estimate of drug-likeness (QED) is 0.582. The van der Waals surface area contributed by atoms with Gasteiger partial charge in [0.2, 0.25) is 0 Å². The third-order valence-corrected chi connectivity index (χ3v) is 1.85. The molecule has 0 bridgehead atoms. The summed E-state index contributed by atoms with van der Waals surface area (Å²) in [5.41, 5.74) is 1.16. The van der Waals surface area contributed by atoms with Crippen molar-refractivity contribution >= 4 is 17.3 Å². The second-order valence-electron chi connectivity index (χ2n) is 2.49. The van der Waals surface area contributed by atoms with Gasteiger partial charge < -0.3 is 4.84 Å². The maximum absolute atomic E-state index is 5.57. The van der Waals surface area contributed by atoms with E-state index in [1.165, 1.54) is 0 Å². The normalized spacial score (nSPS) is 24.2. The van der Waals surface area contributed by atoms with Gasteiger partial charge in [-0.15, -0.1) is 11.6 Å². The lowest BCUT2D eigenvalue weighted by Crippen LogP contribution is -2.08. The van der Waals surface area contributed by atoms with Crippen LogP contribution in [-0.2, 0) is 4.84 Å². The van der Waals surface area contributed by atoms with Crippen molar-refractivity contribution in [2.24, 2.45) is 5.16 Å². The van der Waals surface area contributed by atoms with E-state index in [-0.39, 0.29) is 6.10 Å². The lowest BCUT2D eigenvalue weighted by Gasteiger charge is -1.99. The summed E-state index contributed by atoms with van der Waals surface area (Å²) < 4.78 is 0. The average Bonchev–Trinajstić information content (AvgIpc) is 2.37. The fourth-order valence-corrected chi connectivity index (χ4v) is 1.17. The minimum absolute atomic E-state index is 0.142. The van der Waals surface area contributed by atoms with Crippen molar-refractivity contribution in [3.05, 3.63) is 0 Å². The van der Waals surface area contributed by atoms with Crippen molar-refractivity contribution in [3.63, 3.8) is 0 Å². The Morgan fingerprint density at radius 2 is 2.60 bits per heavy atom. The van der Waals surface area contributed by atoms with Gasteiger partial charge >= 0.3 is 0 Å². The van der Waals surface area contributed by atoms with Crippen LogP contribution in [0.1, 0.15) is 26.2 Å². The molecule has 0 saturated carbocycles. The highest BCUT2D eigenvalue weighted by atomic mass is 35.5. The average molecular weight is 162 g/mol. The van der Waals surface area contributed by atoms with E-state index < -0.39 is 0 Å². The van der Waals surface area contributed by atoms with Gasteiger partial charge in [0.25, 0.3) is 0 Å². The van der Waals surface area contributed by atoms with Crippen LogP contribution in [0.2, 0.25) is 0 Å². The molecule has 0 amide bonds. The van der Waals surface area contributed by atoms with Crippen LogP contribution in [0.15, 0.2) is 5.16 Å². The number of nitrogens with zero attached hydrogens (tertiary/aromatic N) is 1. The molecular weight excluding hydrogens is 150 g/mol. The number of alkyl halides is 1. The summed E-state index contributed by atoms with van der Waals surface area (Å²) in [6.07, 6.45) is 3.25. The fraction of sp³-hybridized carbons (Fsp3) is 0.857. The van der Waals surface area contributed by atoms with Crippen molar-refractivity contribution in [2.45, 2.75) is 32.3 Å². The summed E-state index contributed by atoms with van der Waals surface area (Å²) in [7, 11) is 0. The molecule has 1 atom stereocenters. The van der Waals surface area contributed by atoms with Crippen LogP contribution < -0.4 is 0 Å². The van der Waals surface area contributed by atoms with Crippen molar-refractivity contribution < 1.29 is 4.84 Å². The molecule has 0 saturated heterocycles. The van der Waals surface area contributed by atoms with E-state index in [2.05, 4.69) is 12.1 Å². The zero-order valence-electron chi connectivity index (χ0n) is 6.14. The van der Waals surface area contributed by atoms with Gasteiger partial charge in [-0.1, -0.05) is 18.5 Å². The molecule has 0 aliphatic carbocycles. The van der Waals surface area contributed by atoms with Gasteiger partial charge in [-0.05, 0) is 6.42 Å². The molecule has 0 spiro atoms. The predicted octanol–water partition coefficient (Wildman–Crippen LogP) is 2.17. The molecular formula is C7H12ClNO. The van der Waals surface area contributed by atoms with Crippen LogP contribution in [0.3, 0.4) is 0 Å². The van der Waals surface area contributed by atoms with Crippen molar-refractivity contribution in [1.82, 2.24) is 0 Å². The molecule has 1 aliphatic rings. The largest absolute Gasteiger partial charge is 0.391 e. The van der Waals surface area contributed by atoms with Gasteiger partial charge in [0.05, 0.1) is 11.6 Å². The highest BCUT2D eigenvalue weighted by molar-refractivity contribution is 6.18. The number of hydrogen-bond donors (Lipinski definition) is 0. The van der Waals surface area contributed by atoms with Crippen LogP contribution in [-0.4, -0.2) is 17.7 Å². The Morgan fingerprint density at radius 3 is 3.10 bits per heavy atom. The summed E-state index contributed by atoms with van der Waals surface area (Å²) in [5.74, 6) is 0.552. The Kier molecular flexibility index (Phi) is 3.00. The van der Waals surface area contributed by atoms with Gasteiger partial charge in [-0.3, -0.25) is 0 Å². The summed E-state index contributed by atoms with van der Waals surface area (Å²) in [6.45, 7) is 2.14. The predicted molar refractivity (Wildman–Crippen MR) is 42.6 cm³/mol. The third kappa shape index (κ3) is 1.87. The first-order valence-corrected chi connectivity index (χ1v) is 4.17. The SMILES string of the molecule is CCCC1=NOC(CCl)C1. The van der Waals surface area contributed by atoms with Gasteiger partial charge in [-0.2, -0.15) is 0 Å². The van der Waals surface area contributed by atoms with Gasteiger partial charge in [0.1, 0.15) is 6.10 Å². The van der Waals surface area contributed by atoms with E-state index in [0.29, 0.717) is 5.88 Å². The molecule has 0 aromatic rings. The first-order chi connectivity index (χ1) is 4.86. The molecule has 1 heterocycles. The maximum Gasteiger partial charge on any atom is 0.146 e. The fourth-order valence-electron chi connectivity index (χ4n) is 1.01. The van der Waals surface area contributed by atoms with Gasteiger partial charge in [0, 0.05) is 6.42 Å². The third-order valence-electron chi connectivity index (χ3n) is 1.50. The molecule has 2 nitrogen and oxygen atoms in total. The number of rotatable bonds is 3. The zero-order chi connectivity index (χ0) is 7.40. The Balaban J connectivity index is 2.25. The molecule has 0 aromatic carbocycles. The Hall–Kier alpha value is -0.240. The van der Waals surface area contributed by atoms with Gasteiger partial charge in [0.15, 0.2) is 0 Å². The second-order valence-corrected chi connectivity index (χ2v) is 2.80. The number of hydrogen-bond acceptors (Lipinski definition) is 2. The van der Waals surface area contributed by atoms with Crippen molar-refractivity contribution in [1.29, 1.82) is 0 Å². The van der Waals surface area contributed by atoms with Gasteiger partial charge in [-0.25, -0.2) is 0 Å². The number of oxime groups is 1. The van der Waals surface area contributed by atoms with Crippen LogP contribution in [0.25, 0.3) is 0 Å². The topological polar surface area (TPSA) is 21.6 Å². The maximum atomic E-state index is 5.57. The molecule has 0 radical (unpaired) electrons. The Labute approximate surface area is 66.2 Å². The Morgan fingerprint density at radius 1 is 1.80 bits per heavy atom. The summed E-state index contributed by atoms with van der Waals surface area (Å²) >= 11 is 5.57. The zero-order valence-corrected chi connectivity index (χ0v) is 6.90. The lowest BCUT2D eigenvalue weighted by atomic mass is 10.1. The molecule has 1 rings (SSSR count). The van der Waals surface area contributed by atoms with Crippen LogP contribution in [0.5, 0.6) is 0 Å². The van der Waals surface area contributed by atoms with E-state index in [1.807, 2.05) is 0 Å². The summed E-state index contributed by atoms with van der Waals surface area (Å²) in [6, 6.07) is 0. The summed E-state index contributed by atoms with van der Waals surface area (Å²) in [4.78, 5) is 5.02. The van der Waals surface area contributed by atoms with E-state index >= 15 is 0 Å². The van der Waals surface area contributed by atoms with E-state index in [9.17, 15) is 0 Å². The lowest BCUT2D eigenvalue weighted by molar-refractivity contribution is 0.102. The Bertz CT molecular complexity index is 136. The second kappa shape index (κ2) is 3.81. The highest BCUT2D eigenvalue weighted by Crippen LogP contribution is 2.14. The molecule has 0 N–H and O–H groups in total. The molecule has 0 aromatic heterocycles. The molecule has 10 heavy (non-hydrogen) atoms. The van der Waals surface area contributed by atoms with E-state index in [4.69, 9.17) is 16.4 Å². The first kappa shape index (κ1) is 7.86. The minimum Gasteiger partial charge on any atom is -0.391 e. The molecule has 1 unspecified atom stereocenters. The summed E-state index contributed by atoms with van der Waals surface area (Å²) in [5, 5.41) is 3.91. The highest BCUT2D eigenvalue weighted by Gasteiger charge is 2.18. The number of halogens is 1. The molecule has 58 valence electrons.